The number of carboxylic acid groups (broad SMARTS) is 1. The first-order valence-corrected chi connectivity index (χ1v) is 8.25. The van der Waals surface area contributed by atoms with Crippen molar-refractivity contribution >= 4 is 16.0 Å². The fraction of sp³-hybridized carbons (Fsp3) is 0.500. The fourth-order valence-electron chi connectivity index (χ4n) is 2.32. The van der Waals surface area contributed by atoms with Gasteiger partial charge in [0.1, 0.15) is 5.75 Å². The molecule has 1 aromatic carbocycles. The second-order valence-corrected chi connectivity index (χ2v) is 7.11. The van der Waals surface area contributed by atoms with Gasteiger partial charge >= 0.3 is 5.97 Å². The third kappa shape index (κ3) is 3.36. The first-order valence-electron chi connectivity index (χ1n) is 6.81. The van der Waals surface area contributed by atoms with Crippen molar-refractivity contribution < 1.29 is 23.1 Å². The van der Waals surface area contributed by atoms with Gasteiger partial charge in [-0.15, -0.1) is 0 Å². The Balaban J connectivity index is 2.31. The average molecular weight is 313 g/mol. The summed E-state index contributed by atoms with van der Waals surface area (Å²) in [7, 11) is -3.70. The zero-order valence-corrected chi connectivity index (χ0v) is 12.9. The minimum Gasteiger partial charge on any atom is -0.493 e. The predicted molar refractivity (Wildman–Crippen MR) is 76.9 cm³/mol. The Labute approximate surface area is 124 Å². The van der Waals surface area contributed by atoms with E-state index in [0.717, 1.165) is 11.3 Å². The van der Waals surface area contributed by atoms with E-state index in [2.05, 4.69) is 0 Å². The molecule has 0 aliphatic carbocycles. The third-order valence-electron chi connectivity index (χ3n) is 3.39. The maximum atomic E-state index is 12.7. The summed E-state index contributed by atoms with van der Waals surface area (Å²) in [4.78, 5) is 10.9. The molecule has 116 valence electrons. The van der Waals surface area contributed by atoms with E-state index in [9.17, 15) is 13.2 Å². The predicted octanol–water partition coefficient (Wildman–Crippen LogP) is 1.50. The zero-order chi connectivity index (χ0) is 15.6. The topological polar surface area (TPSA) is 83.9 Å². The van der Waals surface area contributed by atoms with Crippen molar-refractivity contribution in [1.82, 2.24) is 4.31 Å². The Hall–Kier alpha value is -1.60. The SMILES string of the molecule is CC(C)N(CCC(=O)O)S(=O)(=O)c1ccc2c(c1)CCO2. The second-order valence-electron chi connectivity index (χ2n) is 5.22. The van der Waals surface area contributed by atoms with Crippen LogP contribution in [-0.2, 0) is 21.2 Å². The molecule has 0 atom stereocenters. The summed E-state index contributed by atoms with van der Waals surface area (Å²) in [6.07, 6.45) is 0.473. The Morgan fingerprint density at radius 2 is 2.14 bits per heavy atom. The fourth-order valence-corrected chi connectivity index (χ4v) is 4.01. The molecule has 0 aromatic heterocycles. The third-order valence-corrected chi connectivity index (χ3v) is 5.46. The van der Waals surface area contributed by atoms with Gasteiger partial charge in [-0.3, -0.25) is 4.79 Å². The molecule has 1 N–H and O–H groups in total. The van der Waals surface area contributed by atoms with Gasteiger partial charge in [0, 0.05) is 19.0 Å². The molecule has 21 heavy (non-hydrogen) atoms. The standard InChI is InChI=1S/C14H19NO5S/c1-10(2)15(7-5-14(16)17)21(18,19)12-3-4-13-11(9-12)6-8-20-13/h3-4,9-10H,5-8H2,1-2H3,(H,16,17). The van der Waals surface area contributed by atoms with E-state index in [-0.39, 0.29) is 23.9 Å². The number of rotatable bonds is 6. The van der Waals surface area contributed by atoms with Crippen molar-refractivity contribution in [2.45, 2.75) is 37.6 Å². The van der Waals surface area contributed by atoms with Crippen LogP contribution in [0.2, 0.25) is 0 Å². The van der Waals surface area contributed by atoms with E-state index in [1.165, 1.54) is 10.4 Å². The molecule has 1 heterocycles. The largest absolute Gasteiger partial charge is 0.493 e. The van der Waals surface area contributed by atoms with Crippen molar-refractivity contribution in [3.05, 3.63) is 23.8 Å². The summed E-state index contributed by atoms with van der Waals surface area (Å²) >= 11 is 0. The lowest BCUT2D eigenvalue weighted by atomic mass is 10.2. The number of fused-ring (bicyclic) bond motifs is 1. The van der Waals surface area contributed by atoms with Crippen LogP contribution in [0.3, 0.4) is 0 Å². The van der Waals surface area contributed by atoms with Gasteiger partial charge in [0.2, 0.25) is 10.0 Å². The molecule has 0 amide bonds. The number of sulfonamides is 1. The monoisotopic (exact) mass is 313 g/mol. The number of carbonyl (C=O) groups is 1. The zero-order valence-electron chi connectivity index (χ0n) is 12.1. The van der Waals surface area contributed by atoms with Crippen LogP contribution in [0.5, 0.6) is 5.75 Å². The van der Waals surface area contributed by atoms with Crippen LogP contribution < -0.4 is 4.74 Å². The van der Waals surface area contributed by atoms with E-state index in [1.54, 1.807) is 26.0 Å². The van der Waals surface area contributed by atoms with Crippen LogP contribution in [0.4, 0.5) is 0 Å². The van der Waals surface area contributed by atoms with Gasteiger partial charge in [-0.25, -0.2) is 8.42 Å². The molecule has 6 nitrogen and oxygen atoms in total. The molecular weight excluding hydrogens is 294 g/mol. The lowest BCUT2D eigenvalue weighted by Crippen LogP contribution is -2.38. The molecule has 0 radical (unpaired) electrons. The molecule has 0 bridgehead atoms. The number of aliphatic carboxylic acids is 1. The first kappa shape index (κ1) is 15.8. The van der Waals surface area contributed by atoms with Crippen LogP contribution >= 0.6 is 0 Å². The summed E-state index contributed by atoms with van der Waals surface area (Å²) in [5.41, 5.74) is 0.873. The molecule has 2 rings (SSSR count). The number of hydrogen-bond acceptors (Lipinski definition) is 4. The van der Waals surface area contributed by atoms with Gasteiger partial charge in [-0.2, -0.15) is 4.31 Å². The van der Waals surface area contributed by atoms with Crippen LogP contribution in [0.15, 0.2) is 23.1 Å². The molecule has 0 saturated heterocycles. The Bertz CT molecular complexity index is 639. The lowest BCUT2D eigenvalue weighted by molar-refractivity contribution is -0.137. The van der Waals surface area contributed by atoms with E-state index >= 15 is 0 Å². The van der Waals surface area contributed by atoms with E-state index < -0.39 is 16.0 Å². The molecule has 7 heteroatoms. The average Bonchev–Trinajstić information content (AvgIpc) is 2.84. The molecule has 1 aliphatic rings. The van der Waals surface area contributed by atoms with E-state index in [0.29, 0.717) is 13.0 Å². The van der Waals surface area contributed by atoms with E-state index in [1.807, 2.05) is 0 Å². The van der Waals surface area contributed by atoms with Gasteiger partial charge in [0.05, 0.1) is 17.9 Å². The molecule has 0 unspecified atom stereocenters. The maximum Gasteiger partial charge on any atom is 0.304 e. The Kier molecular flexibility index (Phi) is 4.53. The van der Waals surface area contributed by atoms with Crippen LogP contribution in [0, 0.1) is 0 Å². The van der Waals surface area contributed by atoms with Crippen molar-refractivity contribution in [3.8, 4) is 5.75 Å². The van der Waals surface area contributed by atoms with Crippen molar-refractivity contribution in [3.63, 3.8) is 0 Å². The smallest absolute Gasteiger partial charge is 0.304 e. The molecule has 0 fully saturated rings. The highest BCUT2D eigenvalue weighted by molar-refractivity contribution is 7.89. The lowest BCUT2D eigenvalue weighted by Gasteiger charge is -2.25. The minimum atomic E-state index is -3.70. The number of nitrogens with zero attached hydrogens (tertiary/aromatic N) is 1. The second kappa shape index (κ2) is 6.03. The number of carboxylic acids is 1. The normalized spacial score (nSPS) is 14.3. The highest BCUT2D eigenvalue weighted by Crippen LogP contribution is 2.29. The highest BCUT2D eigenvalue weighted by atomic mass is 32.2. The quantitative estimate of drug-likeness (QED) is 0.860. The van der Waals surface area contributed by atoms with Crippen LogP contribution in [-0.4, -0.2) is 43.0 Å². The van der Waals surface area contributed by atoms with Gasteiger partial charge in [-0.1, -0.05) is 0 Å². The van der Waals surface area contributed by atoms with Crippen LogP contribution in [0.1, 0.15) is 25.8 Å². The van der Waals surface area contributed by atoms with Gasteiger partial charge in [0.25, 0.3) is 0 Å². The number of benzene rings is 1. The maximum absolute atomic E-state index is 12.7. The first-order chi connectivity index (χ1) is 9.82. The molecular formula is C14H19NO5S. The van der Waals surface area contributed by atoms with Gasteiger partial charge < -0.3 is 9.84 Å². The van der Waals surface area contributed by atoms with Gasteiger partial charge in [0.15, 0.2) is 0 Å². The van der Waals surface area contributed by atoms with Gasteiger partial charge in [-0.05, 0) is 37.6 Å². The van der Waals surface area contributed by atoms with Crippen LogP contribution in [0.25, 0.3) is 0 Å². The minimum absolute atomic E-state index is 0.0388. The summed E-state index contributed by atoms with van der Waals surface area (Å²) in [6, 6.07) is 4.48. The Morgan fingerprint density at radius 1 is 1.43 bits per heavy atom. The van der Waals surface area contributed by atoms with Crippen molar-refractivity contribution in [1.29, 1.82) is 0 Å². The number of ether oxygens (including phenoxy) is 1. The Morgan fingerprint density at radius 3 is 2.76 bits per heavy atom. The van der Waals surface area contributed by atoms with Crippen molar-refractivity contribution in [2.24, 2.45) is 0 Å². The molecule has 0 saturated carbocycles. The summed E-state index contributed by atoms with van der Waals surface area (Å²) in [5, 5.41) is 8.77. The number of hydrogen-bond donors (Lipinski definition) is 1. The molecule has 0 spiro atoms. The summed E-state index contributed by atoms with van der Waals surface area (Å²) in [6.45, 7) is 3.99. The summed E-state index contributed by atoms with van der Waals surface area (Å²) in [5.74, 6) is -0.297. The van der Waals surface area contributed by atoms with Crippen molar-refractivity contribution in [2.75, 3.05) is 13.2 Å². The molecule has 1 aromatic rings. The van der Waals surface area contributed by atoms with E-state index in [4.69, 9.17) is 9.84 Å². The summed E-state index contributed by atoms with van der Waals surface area (Å²) < 4.78 is 31.9. The molecule has 1 aliphatic heterocycles. The highest BCUT2D eigenvalue weighted by Gasteiger charge is 2.28.